The molecule has 1 aliphatic carbocycles. The molecule has 1 aliphatic rings. The maximum atomic E-state index is 11.9. The van der Waals surface area contributed by atoms with E-state index in [1.54, 1.807) is 0 Å². The first-order chi connectivity index (χ1) is 8.78. The van der Waals surface area contributed by atoms with Gasteiger partial charge in [0.2, 0.25) is 5.78 Å². The van der Waals surface area contributed by atoms with Crippen molar-refractivity contribution in [3.8, 4) is 5.75 Å². The Balaban J connectivity index is 1.88. The molecular weight excluding hydrogens is 228 g/mol. The third kappa shape index (κ3) is 2.13. The Morgan fingerprint density at radius 2 is 2.22 bits per heavy atom. The highest BCUT2D eigenvalue weighted by Gasteiger charge is 2.32. The summed E-state index contributed by atoms with van der Waals surface area (Å²) in [5, 5.41) is 0.938. The van der Waals surface area contributed by atoms with Crippen LogP contribution in [0.1, 0.15) is 36.7 Å². The number of fused-ring (bicyclic) bond motifs is 1. The highest BCUT2D eigenvalue weighted by Crippen LogP contribution is 2.34. The predicted octanol–water partition coefficient (Wildman–Crippen LogP) is 3.81. The maximum Gasteiger partial charge on any atom is 0.201 e. The zero-order valence-corrected chi connectivity index (χ0v) is 10.4. The fraction of sp³-hybridized carbons (Fsp3) is 0.400. The molecular formula is C15H16O3. The van der Waals surface area contributed by atoms with Gasteiger partial charge in [0, 0.05) is 11.3 Å². The third-order valence-corrected chi connectivity index (χ3v) is 3.15. The van der Waals surface area contributed by atoms with Gasteiger partial charge in [-0.3, -0.25) is 4.79 Å². The van der Waals surface area contributed by atoms with Crippen molar-refractivity contribution in [1.29, 1.82) is 0 Å². The number of benzene rings is 1. The molecule has 0 aliphatic heterocycles. The first-order valence-corrected chi connectivity index (χ1v) is 6.48. The van der Waals surface area contributed by atoms with Gasteiger partial charge in [0.1, 0.15) is 11.3 Å². The molecule has 1 aromatic carbocycles. The van der Waals surface area contributed by atoms with Crippen LogP contribution in [0.3, 0.4) is 0 Å². The fourth-order valence-corrected chi connectivity index (χ4v) is 2.00. The summed E-state index contributed by atoms with van der Waals surface area (Å²) in [6.45, 7) is 2.78. The van der Waals surface area contributed by atoms with E-state index in [0.29, 0.717) is 12.4 Å². The molecule has 1 aromatic heterocycles. The quantitative estimate of drug-likeness (QED) is 0.751. The van der Waals surface area contributed by atoms with E-state index in [4.69, 9.17) is 9.15 Å². The van der Waals surface area contributed by atoms with Crippen molar-refractivity contribution >= 4 is 16.8 Å². The van der Waals surface area contributed by atoms with E-state index in [1.807, 2.05) is 24.3 Å². The second-order valence-corrected chi connectivity index (χ2v) is 4.80. The number of hydrogen-bond acceptors (Lipinski definition) is 3. The standard InChI is InChI=1S/C15H16O3/c1-2-7-17-12-5-6-13-11(8-12)9-14(18-13)15(16)10-3-4-10/h5-6,8-10H,2-4,7H2,1H3. The van der Waals surface area contributed by atoms with E-state index in [0.717, 1.165) is 36.0 Å². The van der Waals surface area contributed by atoms with Crippen molar-refractivity contribution in [3.63, 3.8) is 0 Å². The topological polar surface area (TPSA) is 39.4 Å². The van der Waals surface area contributed by atoms with Gasteiger partial charge in [-0.05, 0) is 43.5 Å². The summed E-state index contributed by atoms with van der Waals surface area (Å²) in [7, 11) is 0. The van der Waals surface area contributed by atoms with Gasteiger partial charge in [-0.15, -0.1) is 0 Å². The molecule has 1 fully saturated rings. The van der Waals surface area contributed by atoms with Gasteiger partial charge in [-0.25, -0.2) is 0 Å². The Labute approximate surface area is 106 Å². The molecule has 0 amide bonds. The first-order valence-electron chi connectivity index (χ1n) is 6.48. The lowest BCUT2D eigenvalue weighted by Crippen LogP contribution is -1.98. The molecule has 0 N–H and O–H groups in total. The number of ether oxygens (including phenoxy) is 1. The largest absolute Gasteiger partial charge is 0.494 e. The van der Waals surface area contributed by atoms with Crippen LogP contribution >= 0.6 is 0 Å². The zero-order chi connectivity index (χ0) is 12.5. The van der Waals surface area contributed by atoms with E-state index in [9.17, 15) is 4.79 Å². The molecule has 0 atom stereocenters. The van der Waals surface area contributed by atoms with Crippen molar-refractivity contribution in [2.45, 2.75) is 26.2 Å². The molecule has 94 valence electrons. The average molecular weight is 244 g/mol. The Kier molecular flexibility index (Phi) is 2.82. The predicted molar refractivity (Wildman–Crippen MR) is 69.1 cm³/mol. The molecule has 0 radical (unpaired) electrons. The number of hydrogen-bond donors (Lipinski definition) is 0. The van der Waals surface area contributed by atoms with Crippen molar-refractivity contribution in [1.82, 2.24) is 0 Å². The second-order valence-electron chi connectivity index (χ2n) is 4.80. The van der Waals surface area contributed by atoms with Crippen LogP contribution in [0.5, 0.6) is 5.75 Å². The van der Waals surface area contributed by atoms with E-state index in [-0.39, 0.29) is 11.7 Å². The summed E-state index contributed by atoms with van der Waals surface area (Å²) >= 11 is 0. The van der Waals surface area contributed by atoms with Gasteiger partial charge >= 0.3 is 0 Å². The van der Waals surface area contributed by atoms with E-state index >= 15 is 0 Å². The smallest absolute Gasteiger partial charge is 0.201 e. The van der Waals surface area contributed by atoms with Crippen LogP contribution in [0.25, 0.3) is 11.0 Å². The highest BCUT2D eigenvalue weighted by atomic mass is 16.5. The Bertz CT molecular complexity index is 578. The number of carbonyl (C=O) groups excluding carboxylic acids is 1. The Morgan fingerprint density at radius 3 is 2.94 bits per heavy atom. The van der Waals surface area contributed by atoms with Gasteiger partial charge in [-0.2, -0.15) is 0 Å². The summed E-state index contributed by atoms with van der Waals surface area (Å²) in [5.41, 5.74) is 0.753. The second kappa shape index (κ2) is 4.48. The minimum absolute atomic E-state index is 0.141. The fourth-order valence-electron chi connectivity index (χ4n) is 2.00. The molecule has 0 spiro atoms. The average Bonchev–Trinajstić information content (AvgIpc) is 3.14. The van der Waals surface area contributed by atoms with Crippen molar-refractivity contribution in [2.24, 2.45) is 5.92 Å². The molecule has 2 aromatic rings. The van der Waals surface area contributed by atoms with Gasteiger partial charge in [-0.1, -0.05) is 6.92 Å². The summed E-state index contributed by atoms with van der Waals surface area (Å²) in [6.07, 6.45) is 2.98. The van der Waals surface area contributed by atoms with Crippen LogP contribution in [0.15, 0.2) is 28.7 Å². The molecule has 0 saturated heterocycles. The lowest BCUT2D eigenvalue weighted by atomic mass is 10.2. The number of carbonyl (C=O) groups is 1. The molecule has 3 rings (SSSR count). The SMILES string of the molecule is CCCOc1ccc2oc(C(=O)C3CC3)cc2c1. The monoisotopic (exact) mass is 244 g/mol. The summed E-state index contributed by atoms with van der Waals surface area (Å²) < 4.78 is 11.2. The van der Waals surface area contributed by atoms with Crippen molar-refractivity contribution in [3.05, 3.63) is 30.0 Å². The minimum atomic E-state index is 0.141. The van der Waals surface area contributed by atoms with Crippen molar-refractivity contribution in [2.75, 3.05) is 6.61 Å². The lowest BCUT2D eigenvalue weighted by Gasteiger charge is -2.02. The van der Waals surface area contributed by atoms with Crippen molar-refractivity contribution < 1.29 is 13.9 Å². The zero-order valence-electron chi connectivity index (χ0n) is 10.4. The Morgan fingerprint density at radius 1 is 1.39 bits per heavy atom. The molecule has 18 heavy (non-hydrogen) atoms. The lowest BCUT2D eigenvalue weighted by molar-refractivity contribution is 0.0942. The van der Waals surface area contributed by atoms with Crippen LogP contribution in [0, 0.1) is 5.92 Å². The molecule has 1 heterocycles. The number of ketones is 1. The van der Waals surface area contributed by atoms with E-state index in [1.165, 1.54) is 0 Å². The normalized spacial score (nSPS) is 14.9. The van der Waals surface area contributed by atoms with Crippen LogP contribution in [0.4, 0.5) is 0 Å². The maximum absolute atomic E-state index is 11.9. The molecule has 0 unspecified atom stereocenters. The van der Waals surface area contributed by atoms with Gasteiger partial charge in [0.15, 0.2) is 5.76 Å². The summed E-state index contributed by atoms with van der Waals surface area (Å²) in [6, 6.07) is 7.50. The van der Waals surface area contributed by atoms with Gasteiger partial charge in [0.25, 0.3) is 0 Å². The van der Waals surface area contributed by atoms with E-state index in [2.05, 4.69) is 6.92 Å². The van der Waals surface area contributed by atoms with Crippen LogP contribution in [-0.2, 0) is 0 Å². The molecule has 3 heteroatoms. The number of Topliss-reactive ketones (excluding diaryl/α,β-unsaturated/α-hetero) is 1. The Hall–Kier alpha value is -1.77. The minimum Gasteiger partial charge on any atom is -0.494 e. The van der Waals surface area contributed by atoms with Crippen LogP contribution < -0.4 is 4.74 Å². The first kappa shape index (κ1) is 11.3. The van der Waals surface area contributed by atoms with E-state index < -0.39 is 0 Å². The summed E-state index contributed by atoms with van der Waals surface area (Å²) in [4.78, 5) is 11.9. The molecule has 1 saturated carbocycles. The van der Waals surface area contributed by atoms with Crippen LogP contribution in [-0.4, -0.2) is 12.4 Å². The molecule has 3 nitrogen and oxygen atoms in total. The third-order valence-electron chi connectivity index (χ3n) is 3.15. The van der Waals surface area contributed by atoms with Gasteiger partial charge < -0.3 is 9.15 Å². The number of furan rings is 1. The van der Waals surface area contributed by atoms with Crippen LogP contribution in [0.2, 0.25) is 0 Å². The number of rotatable bonds is 5. The molecule has 0 bridgehead atoms. The van der Waals surface area contributed by atoms with Gasteiger partial charge in [0.05, 0.1) is 6.61 Å². The summed E-state index contributed by atoms with van der Waals surface area (Å²) in [5.74, 6) is 1.65. The highest BCUT2D eigenvalue weighted by molar-refractivity contribution is 6.00.